The molecule has 0 amide bonds. The second kappa shape index (κ2) is 8.89. The Balaban J connectivity index is 1.65. The predicted molar refractivity (Wildman–Crippen MR) is 87.8 cm³/mol. The van der Waals surface area contributed by atoms with E-state index < -0.39 is 23.9 Å². The molecule has 10 heteroatoms. The van der Waals surface area contributed by atoms with Crippen LogP contribution < -0.4 is 0 Å². The van der Waals surface area contributed by atoms with Crippen LogP contribution in [-0.4, -0.2) is 50.3 Å². The van der Waals surface area contributed by atoms with E-state index in [2.05, 4.69) is 0 Å². The van der Waals surface area contributed by atoms with Crippen molar-refractivity contribution in [2.24, 2.45) is 0 Å². The Hall–Kier alpha value is -3.56. The van der Waals surface area contributed by atoms with Crippen LogP contribution in [0.4, 0.5) is 0 Å². The highest BCUT2D eigenvalue weighted by atomic mass is 16.6. The quantitative estimate of drug-likeness (QED) is 0.484. The third-order valence-electron chi connectivity index (χ3n) is 3.53. The molecule has 1 aliphatic rings. The first-order valence-electron chi connectivity index (χ1n) is 8.43. The molecule has 2 aromatic heterocycles. The number of cyclic esters (lactones) is 4. The van der Waals surface area contributed by atoms with E-state index in [0.717, 1.165) is 0 Å². The molecule has 148 valence electrons. The fourth-order valence-electron chi connectivity index (χ4n) is 2.18. The molecule has 0 spiro atoms. The molecule has 0 unspecified atom stereocenters. The van der Waals surface area contributed by atoms with Gasteiger partial charge >= 0.3 is 23.9 Å². The number of esters is 4. The van der Waals surface area contributed by atoms with Gasteiger partial charge in [-0.3, -0.25) is 0 Å². The van der Waals surface area contributed by atoms with Crippen LogP contribution in [0.15, 0.2) is 33.1 Å². The molecule has 0 saturated heterocycles. The standard InChI is InChI=1S/C18H16O10/c19-15-11-3-5-13(27-11)17(21)25-9-2-10-26-18(22)14-6-4-12(28-14)16(20)24-8-1-7-23-15/h3-6H,1-2,7-10H2. The van der Waals surface area contributed by atoms with Crippen molar-refractivity contribution in [2.75, 3.05) is 26.4 Å². The first-order chi connectivity index (χ1) is 13.5. The van der Waals surface area contributed by atoms with Gasteiger partial charge in [0.1, 0.15) is 0 Å². The Bertz CT molecular complexity index is 737. The number of carbonyl (C=O) groups is 4. The number of fused-ring (bicyclic) bond motifs is 4. The van der Waals surface area contributed by atoms with E-state index in [-0.39, 0.29) is 62.3 Å². The van der Waals surface area contributed by atoms with Gasteiger partial charge in [-0.05, 0) is 24.3 Å². The highest BCUT2D eigenvalue weighted by Gasteiger charge is 2.20. The van der Waals surface area contributed by atoms with Gasteiger partial charge in [0.15, 0.2) is 0 Å². The van der Waals surface area contributed by atoms with Crippen molar-refractivity contribution in [2.45, 2.75) is 12.8 Å². The van der Waals surface area contributed by atoms with Crippen molar-refractivity contribution in [1.29, 1.82) is 0 Å². The average Bonchev–Trinajstić information content (AvgIpc) is 3.36. The van der Waals surface area contributed by atoms with Crippen LogP contribution in [0.3, 0.4) is 0 Å². The summed E-state index contributed by atoms with van der Waals surface area (Å²) >= 11 is 0. The third kappa shape index (κ3) is 4.78. The van der Waals surface area contributed by atoms with Crippen molar-refractivity contribution >= 4 is 23.9 Å². The van der Waals surface area contributed by atoms with Crippen molar-refractivity contribution in [3.63, 3.8) is 0 Å². The van der Waals surface area contributed by atoms with E-state index in [1.165, 1.54) is 24.3 Å². The lowest BCUT2D eigenvalue weighted by Crippen LogP contribution is -2.12. The summed E-state index contributed by atoms with van der Waals surface area (Å²) < 4.78 is 30.1. The number of rotatable bonds is 0. The van der Waals surface area contributed by atoms with Gasteiger partial charge in [0.2, 0.25) is 23.0 Å². The van der Waals surface area contributed by atoms with Gasteiger partial charge in [0.05, 0.1) is 26.4 Å². The van der Waals surface area contributed by atoms with Gasteiger partial charge in [-0.15, -0.1) is 0 Å². The number of ether oxygens (including phenoxy) is 4. The van der Waals surface area contributed by atoms with E-state index in [1.54, 1.807) is 0 Å². The van der Waals surface area contributed by atoms with Crippen LogP contribution in [-0.2, 0) is 18.9 Å². The van der Waals surface area contributed by atoms with Gasteiger partial charge in [-0.2, -0.15) is 0 Å². The second-order valence-electron chi connectivity index (χ2n) is 5.58. The maximum atomic E-state index is 11.9. The van der Waals surface area contributed by atoms with E-state index in [9.17, 15) is 19.2 Å². The van der Waals surface area contributed by atoms with Gasteiger partial charge in [0.25, 0.3) is 0 Å². The van der Waals surface area contributed by atoms with Crippen LogP contribution in [0, 0.1) is 0 Å². The van der Waals surface area contributed by atoms with Gasteiger partial charge in [-0.25, -0.2) is 19.2 Å². The molecule has 0 fully saturated rings. The molecule has 3 rings (SSSR count). The van der Waals surface area contributed by atoms with Crippen molar-refractivity contribution < 1.29 is 47.0 Å². The van der Waals surface area contributed by atoms with E-state index in [4.69, 9.17) is 27.8 Å². The van der Waals surface area contributed by atoms with Crippen LogP contribution in [0.2, 0.25) is 0 Å². The summed E-state index contributed by atoms with van der Waals surface area (Å²) in [5.74, 6) is -3.67. The fourth-order valence-corrected chi connectivity index (χ4v) is 2.18. The molecule has 0 radical (unpaired) electrons. The Labute approximate surface area is 158 Å². The number of hydrogen-bond donors (Lipinski definition) is 0. The molecule has 0 atom stereocenters. The van der Waals surface area contributed by atoms with Gasteiger partial charge in [-0.1, -0.05) is 0 Å². The maximum absolute atomic E-state index is 11.9. The first kappa shape index (κ1) is 19.2. The molecule has 28 heavy (non-hydrogen) atoms. The lowest BCUT2D eigenvalue weighted by molar-refractivity contribution is 0.0331. The van der Waals surface area contributed by atoms with E-state index in [0.29, 0.717) is 0 Å². The zero-order chi connectivity index (χ0) is 19.9. The number of carbonyl (C=O) groups excluding carboxylic acids is 4. The van der Waals surface area contributed by atoms with Crippen molar-refractivity contribution in [3.05, 3.63) is 47.3 Å². The summed E-state index contributed by atoms with van der Waals surface area (Å²) in [6, 6.07) is 5.16. The molecule has 1 aliphatic heterocycles. The van der Waals surface area contributed by atoms with Crippen LogP contribution in [0.1, 0.15) is 55.1 Å². The van der Waals surface area contributed by atoms with E-state index in [1.807, 2.05) is 0 Å². The molecule has 2 aromatic rings. The SMILES string of the molecule is O=C1OCCCOC(=O)c2ccc(o2)C(=O)OCCCOC(=O)c2ccc1o2. The highest BCUT2D eigenvalue weighted by Crippen LogP contribution is 2.13. The minimum absolute atomic E-state index is 0.0394. The molecule has 10 nitrogen and oxygen atoms in total. The molecular formula is C18H16O10. The monoisotopic (exact) mass is 392 g/mol. The lowest BCUT2D eigenvalue weighted by atomic mass is 10.4. The Morgan fingerprint density at radius 2 is 0.714 bits per heavy atom. The summed E-state index contributed by atoms with van der Waals surface area (Å²) in [4.78, 5) is 47.4. The molecule has 0 aliphatic carbocycles. The van der Waals surface area contributed by atoms with Crippen molar-refractivity contribution in [3.8, 4) is 0 Å². The molecule has 3 heterocycles. The first-order valence-corrected chi connectivity index (χ1v) is 8.43. The van der Waals surface area contributed by atoms with Crippen LogP contribution in [0.25, 0.3) is 0 Å². The molecule has 4 bridgehead atoms. The number of hydrogen-bond acceptors (Lipinski definition) is 10. The minimum Gasteiger partial charge on any atom is -0.460 e. The highest BCUT2D eigenvalue weighted by molar-refractivity contribution is 5.91. The van der Waals surface area contributed by atoms with E-state index >= 15 is 0 Å². The summed E-state index contributed by atoms with van der Waals surface area (Å²) in [6.45, 7) is -0.157. The Kier molecular flexibility index (Phi) is 6.10. The van der Waals surface area contributed by atoms with Crippen molar-refractivity contribution in [1.82, 2.24) is 0 Å². The summed E-state index contributed by atoms with van der Waals surface area (Å²) in [7, 11) is 0. The zero-order valence-corrected chi connectivity index (χ0v) is 14.6. The largest absolute Gasteiger partial charge is 0.460 e. The van der Waals surface area contributed by atoms with Gasteiger partial charge < -0.3 is 27.8 Å². The summed E-state index contributed by atoms with van der Waals surface area (Å²) in [6.07, 6.45) is 0.450. The minimum atomic E-state index is -0.762. The summed E-state index contributed by atoms with van der Waals surface area (Å²) in [5, 5.41) is 0. The second-order valence-corrected chi connectivity index (χ2v) is 5.58. The normalized spacial score (nSPS) is 17.1. The zero-order valence-electron chi connectivity index (χ0n) is 14.6. The smallest absolute Gasteiger partial charge is 0.374 e. The third-order valence-corrected chi connectivity index (χ3v) is 3.53. The molecule has 0 aromatic carbocycles. The Morgan fingerprint density at radius 1 is 0.464 bits per heavy atom. The van der Waals surface area contributed by atoms with Crippen LogP contribution >= 0.6 is 0 Å². The summed E-state index contributed by atoms with van der Waals surface area (Å²) in [5.41, 5.74) is 0. The lowest BCUT2D eigenvalue weighted by Gasteiger charge is -2.06. The predicted octanol–water partition coefficient (Wildman–Crippen LogP) is 1.99. The van der Waals surface area contributed by atoms with Crippen LogP contribution in [0.5, 0.6) is 0 Å². The molecular weight excluding hydrogens is 376 g/mol. The average molecular weight is 392 g/mol. The fraction of sp³-hybridized carbons (Fsp3) is 0.333. The Morgan fingerprint density at radius 3 is 0.964 bits per heavy atom. The molecule has 0 saturated carbocycles. The molecule has 0 N–H and O–H groups in total. The number of furan rings is 2. The van der Waals surface area contributed by atoms with Gasteiger partial charge in [0, 0.05) is 12.8 Å². The maximum Gasteiger partial charge on any atom is 0.374 e. The topological polar surface area (TPSA) is 131 Å².